The summed E-state index contributed by atoms with van der Waals surface area (Å²) < 4.78 is 5.42. The standard InChI is InChI=1S/C15H23NO4/c1-10(2)15(4,14(18)19)8-13(17)16(5)9-12-7-6-11(3)20-12/h6-7,10H,8-9H2,1-5H3,(H,18,19). The van der Waals surface area contributed by atoms with Crippen molar-refractivity contribution in [3.63, 3.8) is 0 Å². The van der Waals surface area contributed by atoms with Crippen molar-refractivity contribution in [2.45, 2.75) is 40.7 Å². The smallest absolute Gasteiger partial charge is 0.310 e. The molecule has 1 unspecified atom stereocenters. The van der Waals surface area contributed by atoms with Crippen LogP contribution in [-0.4, -0.2) is 28.9 Å². The summed E-state index contributed by atoms with van der Waals surface area (Å²) >= 11 is 0. The van der Waals surface area contributed by atoms with Crippen molar-refractivity contribution in [1.29, 1.82) is 0 Å². The van der Waals surface area contributed by atoms with E-state index in [1.807, 2.05) is 32.9 Å². The number of rotatable bonds is 6. The van der Waals surface area contributed by atoms with Crippen LogP contribution in [0.3, 0.4) is 0 Å². The van der Waals surface area contributed by atoms with Crippen LogP contribution in [0.5, 0.6) is 0 Å². The molecule has 0 aliphatic rings. The van der Waals surface area contributed by atoms with E-state index in [2.05, 4.69) is 0 Å². The van der Waals surface area contributed by atoms with Gasteiger partial charge in [0, 0.05) is 13.5 Å². The number of carbonyl (C=O) groups excluding carboxylic acids is 1. The van der Waals surface area contributed by atoms with Crippen LogP contribution in [0.25, 0.3) is 0 Å². The average Bonchev–Trinajstić information content (AvgIpc) is 2.73. The molecule has 1 atom stereocenters. The second-order valence-corrected chi connectivity index (χ2v) is 5.82. The third-order valence-electron chi connectivity index (χ3n) is 3.90. The number of aliphatic carboxylic acids is 1. The minimum absolute atomic E-state index is 0.0177. The van der Waals surface area contributed by atoms with Crippen LogP contribution in [0.1, 0.15) is 38.7 Å². The van der Waals surface area contributed by atoms with Crippen molar-refractivity contribution in [3.05, 3.63) is 23.7 Å². The Labute approximate surface area is 119 Å². The molecule has 0 saturated carbocycles. The molecule has 1 aromatic heterocycles. The summed E-state index contributed by atoms with van der Waals surface area (Å²) in [7, 11) is 1.66. The lowest BCUT2D eigenvalue weighted by Gasteiger charge is -2.30. The number of nitrogens with zero attached hydrogens (tertiary/aromatic N) is 1. The maximum absolute atomic E-state index is 12.2. The molecule has 1 aromatic rings. The summed E-state index contributed by atoms with van der Waals surface area (Å²) in [4.78, 5) is 25.1. The maximum Gasteiger partial charge on any atom is 0.310 e. The highest BCUT2D eigenvalue weighted by Crippen LogP contribution is 2.32. The summed E-state index contributed by atoms with van der Waals surface area (Å²) in [5, 5.41) is 9.34. The molecule has 0 spiro atoms. The minimum atomic E-state index is -1.05. The van der Waals surface area contributed by atoms with Gasteiger partial charge in [-0.3, -0.25) is 9.59 Å². The number of hydrogen-bond donors (Lipinski definition) is 1. The summed E-state index contributed by atoms with van der Waals surface area (Å²) in [5.74, 6) is 0.224. The Morgan fingerprint density at radius 2 is 2.00 bits per heavy atom. The molecule has 5 nitrogen and oxygen atoms in total. The van der Waals surface area contributed by atoms with E-state index in [4.69, 9.17) is 4.42 Å². The molecule has 112 valence electrons. The predicted octanol–water partition coefficient (Wildman–Crippen LogP) is 2.68. The molecule has 0 aliphatic carbocycles. The van der Waals surface area contributed by atoms with Crippen LogP contribution >= 0.6 is 0 Å². The van der Waals surface area contributed by atoms with Gasteiger partial charge in [0.25, 0.3) is 0 Å². The van der Waals surface area contributed by atoms with E-state index in [-0.39, 0.29) is 18.2 Å². The zero-order chi connectivity index (χ0) is 15.5. The number of carbonyl (C=O) groups is 2. The highest BCUT2D eigenvalue weighted by molar-refractivity contribution is 5.84. The Kier molecular flexibility index (Phi) is 4.98. The van der Waals surface area contributed by atoms with E-state index >= 15 is 0 Å². The van der Waals surface area contributed by atoms with Gasteiger partial charge in [0.1, 0.15) is 11.5 Å². The van der Waals surface area contributed by atoms with Crippen molar-refractivity contribution in [2.24, 2.45) is 11.3 Å². The summed E-state index contributed by atoms with van der Waals surface area (Å²) in [5.41, 5.74) is -1.05. The second kappa shape index (κ2) is 6.11. The van der Waals surface area contributed by atoms with Gasteiger partial charge in [-0.1, -0.05) is 13.8 Å². The monoisotopic (exact) mass is 281 g/mol. The summed E-state index contributed by atoms with van der Waals surface area (Å²) in [6.07, 6.45) is -0.0177. The molecule has 1 rings (SSSR count). The Morgan fingerprint density at radius 1 is 1.40 bits per heavy atom. The Hall–Kier alpha value is -1.78. The zero-order valence-corrected chi connectivity index (χ0v) is 12.8. The van der Waals surface area contributed by atoms with Gasteiger partial charge in [0.15, 0.2) is 0 Å². The van der Waals surface area contributed by atoms with Gasteiger partial charge in [0.05, 0.1) is 12.0 Å². The van der Waals surface area contributed by atoms with Crippen LogP contribution < -0.4 is 0 Å². The highest BCUT2D eigenvalue weighted by Gasteiger charge is 2.39. The third kappa shape index (κ3) is 3.62. The minimum Gasteiger partial charge on any atom is -0.481 e. The Balaban J connectivity index is 2.72. The van der Waals surface area contributed by atoms with E-state index < -0.39 is 11.4 Å². The van der Waals surface area contributed by atoms with Gasteiger partial charge in [-0.05, 0) is 31.9 Å². The van der Waals surface area contributed by atoms with Crippen LogP contribution in [0.15, 0.2) is 16.5 Å². The van der Waals surface area contributed by atoms with E-state index in [0.717, 1.165) is 5.76 Å². The van der Waals surface area contributed by atoms with Crippen molar-refractivity contribution < 1.29 is 19.1 Å². The van der Waals surface area contributed by atoms with Crippen molar-refractivity contribution in [3.8, 4) is 0 Å². The number of hydrogen-bond acceptors (Lipinski definition) is 3. The second-order valence-electron chi connectivity index (χ2n) is 5.82. The Morgan fingerprint density at radius 3 is 2.40 bits per heavy atom. The zero-order valence-electron chi connectivity index (χ0n) is 12.8. The lowest BCUT2D eigenvalue weighted by Crippen LogP contribution is -2.39. The molecule has 0 fully saturated rings. The first-order chi connectivity index (χ1) is 9.16. The fraction of sp³-hybridized carbons (Fsp3) is 0.600. The number of aryl methyl sites for hydroxylation is 1. The number of amides is 1. The van der Waals surface area contributed by atoms with Crippen molar-refractivity contribution in [2.75, 3.05) is 7.05 Å². The quantitative estimate of drug-likeness (QED) is 0.870. The SMILES string of the molecule is Cc1ccc(CN(C)C(=O)CC(C)(C(=O)O)C(C)C)o1. The van der Waals surface area contributed by atoms with Crippen molar-refractivity contribution >= 4 is 11.9 Å². The molecule has 0 aromatic carbocycles. The molecule has 0 bridgehead atoms. The van der Waals surface area contributed by atoms with Crippen LogP contribution in [0.2, 0.25) is 0 Å². The van der Waals surface area contributed by atoms with Gasteiger partial charge in [0.2, 0.25) is 5.91 Å². The fourth-order valence-electron chi connectivity index (χ4n) is 1.87. The van der Waals surface area contributed by atoms with E-state index in [1.165, 1.54) is 4.90 Å². The van der Waals surface area contributed by atoms with E-state index in [1.54, 1.807) is 14.0 Å². The molecule has 5 heteroatoms. The Bertz CT molecular complexity index is 492. The first-order valence-electron chi connectivity index (χ1n) is 6.69. The van der Waals surface area contributed by atoms with E-state index in [9.17, 15) is 14.7 Å². The molecule has 0 radical (unpaired) electrons. The van der Waals surface area contributed by atoms with Crippen LogP contribution in [0.4, 0.5) is 0 Å². The molecule has 1 N–H and O–H groups in total. The molecular weight excluding hydrogens is 258 g/mol. The lowest BCUT2D eigenvalue weighted by atomic mass is 9.76. The average molecular weight is 281 g/mol. The first kappa shape index (κ1) is 16.3. The largest absolute Gasteiger partial charge is 0.481 e. The number of carboxylic acids is 1. The van der Waals surface area contributed by atoms with Gasteiger partial charge in [-0.25, -0.2) is 0 Å². The molecule has 0 saturated heterocycles. The normalized spacial score (nSPS) is 14.1. The topological polar surface area (TPSA) is 70.8 Å². The third-order valence-corrected chi connectivity index (χ3v) is 3.90. The molecule has 1 heterocycles. The van der Waals surface area contributed by atoms with Gasteiger partial charge in [-0.2, -0.15) is 0 Å². The fourth-order valence-corrected chi connectivity index (χ4v) is 1.87. The van der Waals surface area contributed by atoms with Crippen LogP contribution in [0, 0.1) is 18.3 Å². The first-order valence-corrected chi connectivity index (χ1v) is 6.69. The number of furan rings is 1. The lowest BCUT2D eigenvalue weighted by molar-refractivity contribution is -0.155. The highest BCUT2D eigenvalue weighted by atomic mass is 16.4. The number of carboxylic acid groups (broad SMARTS) is 1. The van der Waals surface area contributed by atoms with Gasteiger partial charge < -0.3 is 14.4 Å². The van der Waals surface area contributed by atoms with Gasteiger partial charge >= 0.3 is 5.97 Å². The molecular formula is C15H23NO4. The molecule has 1 amide bonds. The summed E-state index contributed by atoms with van der Waals surface area (Å²) in [6, 6.07) is 3.65. The summed E-state index contributed by atoms with van der Waals surface area (Å²) in [6.45, 7) is 7.43. The van der Waals surface area contributed by atoms with Crippen LogP contribution in [-0.2, 0) is 16.1 Å². The maximum atomic E-state index is 12.2. The predicted molar refractivity (Wildman–Crippen MR) is 75.1 cm³/mol. The molecule has 20 heavy (non-hydrogen) atoms. The van der Waals surface area contributed by atoms with E-state index in [0.29, 0.717) is 12.3 Å². The van der Waals surface area contributed by atoms with Crippen molar-refractivity contribution in [1.82, 2.24) is 4.90 Å². The molecule has 0 aliphatic heterocycles. The van der Waals surface area contributed by atoms with Gasteiger partial charge in [-0.15, -0.1) is 0 Å².